The molecular formula is C21H25F2N7O2. The van der Waals surface area contributed by atoms with Crippen LogP contribution in [-0.4, -0.2) is 48.7 Å². The van der Waals surface area contributed by atoms with E-state index in [-0.39, 0.29) is 23.9 Å². The molecule has 3 N–H and O–H groups in total. The Hall–Kier alpha value is -3.13. The highest BCUT2D eigenvalue weighted by Gasteiger charge is 2.48. The molecule has 5 rings (SSSR count). The Morgan fingerprint density at radius 2 is 1.91 bits per heavy atom. The van der Waals surface area contributed by atoms with E-state index in [1.165, 1.54) is 18.7 Å². The molecule has 0 unspecified atom stereocenters. The van der Waals surface area contributed by atoms with Gasteiger partial charge in [0.25, 0.3) is 5.92 Å². The Kier molecular flexibility index (Phi) is 5.81. The molecule has 3 fully saturated rings. The first kappa shape index (κ1) is 22.1. The van der Waals surface area contributed by atoms with E-state index in [9.17, 15) is 19.1 Å². The molecule has 3 aliphatic rings. The lowest BCUT2D eigenvalue weighted by Gasteiger charge is -2.51. The van der Waals surface area contributed by atoms with Gasteiger partial charge in [-0.05, 0) is 38.5 Å². The van der Waals surface area contributed by atoms with E-state index in [0.717, 1.165) is 45.4 Å². The number of nitriles is 1. The van der Waals surface area contributed by atoms with E-state index < -0.39 is 18.1 Å². The third kappa shape index (κ3) is 5.02. The second kappa shape index (κ2) is 8.43. The number of fused-ring (bicyclic) bond motifs is 3. The number of anilines is 2. The summed E-state index contributed by atoms with van der Waals surface area (Å²) in [6.07, 6.45) is 8.75. The Labute approximate surface area is 184 Å². The number of aliphatic hydroxyl groups is 1. The van der Waals surface area contributed by atoms with Crippen molar-refractivity contribution in [1.82, 2.24) is 19.9 Å². The number of aromatic nitrogens is 4. The molecule has 0 aliphatic heterocycles. The number of nitrogens with one attached hydrogen (secondary N) is 2. The zero-order valence-corrected chi connectivity index (χ0v) is 17.7. The number of hydrogen-bond acceptors (Lipinski definition) is 9. The summed E-state index contributed by atoms with van der Waals surface area (Å²) in [5, 5.41) is 26.4. The number of rotatable bonds is 8. The molecule has 0 radical (unpaired) electrons. The van der Waals surface area contributed by atoms with Gasteiger partial charge in [0.05, 0.1) is 17.4 Å². The van der Waals surface area contributed by atoms with Gasteiger partial charge >= 0.3 is 0 Å². The van der Waals surface area contributed by atoms with Crippen LogP contribution in [0.2, 0.25) is 0 Å². The van der Waals surface area contributed by atoms with Gasteiger partial charge in [0.2, 0.25) is 11.8 Å². The zero-order chi connectivity index (χ0) is 22.8. The van der Waals surface area contributed by atoms with Gasteiger partial charge in [0.1, 0.15) is 23.8 Å². The first-order valence-electron chi connectivity index (χ1n) is 10.5. The molecule has 2 heterocycles. The summed E-state index contributed by atoms with van der Waals surface area (Å²) in [5.74, 6) is -2.23. The van der Waals surface area contributed by atoms with E-state index in [4.69, 9.17) is 4.74 Å². The van der Waals surface area contributed by atoms with Crippen molar-refractivity contribution in [3.63, 3.8) is 0 Å². The van der Waals surface area contributed by atoms with Gasteiger partial charge in [0, 0.05) is 25.2 Å². The van der Waals surface area contributed by atoms with Crippen LogP contribution in [0, 0.1) is 11.3 Å². The van der Waals surface area contributed by atoms with Gasteiger partial charge in [0.15, 0.2) is 6.61 Å². The second-order valence-corrected chi connectivity index (χ2v) is 8.76. The second-order valence-electron chi connectivity index (χ2n) is 8.76. The molecule has 32 heavy (non-hydrogen) atoms. The van der Waals surface area contributed by atoms with Crippen molar-refractivity contribution in [2.75, 3.05) is 17.2 Å². The largest absolute Gasteiger partial charge is 0.471 e. The molecule has 0 amide bonds. The number of ether oxygens (including phenoxy) is 1. The molecule has 170 valence electrons. The van der Waals surface area contributed by atoms with E-state index >= 15 is 0 Å². The van der Waals surface area contributed by atoms with Crippen LogP contribution in [0.4, 0.5) is 20.5 Å². The Balaban J connectivity index is 1.46. The Morgan fingerprint density at radius 1 is 1.19 bits per heavy atom. The van der Waals surface area contributed by atoms with Crippen molar-refractivity contribution in [3.8, 4) is 11.9 Å². The lowest BCUT2D eigenvalue weighted by molar-refractivity contribution is -0.0580. The van der Waals surface area contributed by atoms with E-state index in [1.54, 1.807) is 0 Å². The number of hydrogen-bond donors (Lipinski definition) is 3. The number of alkyl halides is 2. The summed E-state index contributed by atoms with van der Waals surface area (Å²) < 4.78 is 31.4. The summed E-state index contributed by atoms with van der Waals surface area (Å²) in [6, 6.07) is 2.11. The third-order valence-corrected chi connectivity index (χ3v) is 6.15. The van der Waals surface area contributed by atoms with E-state index in [1.807, 2.05) is 0 Å². The molecule has 2 aromatic rings. The van der Waals surface area contributed by atoms with Crippen LogP contribution >= 0.6 is 0 Å². The highest BCUT2D eigenvalue weighted by atomic mass is 19.3. The zero-order valence-electron chi connectivity index (χ0n) is 17.7. The minimum Gasteiger partial charge on any atom is -0.471 e. The van der Waals surface area contributed by atoms with Crippen molar-refractivity contribution in [2.24, 2.45) is 0 Å². The minimum absolute atomic E-state index is 0.0526. The molecule has 2 aromatic heterocycles. The molecule has 0 saturated heterocycles. The molecular weight excluding hydrogens is 420 g/mol. The van der Waals surface area contributed by atoms with Gasteiger partial charge in [-0.15, -0.1) is 0 Å². The van der Waals surface area contributed by atoms with Crippen molar-refractivity contribution in [1.29, 1.82) is 5.26 Å². The monoisotopic (exact) mass is 445 g/mol. The fourth-order valence-corrected chi connectivity index (χ4v) is 4.22. The van der Waals surface area contributed by atoms with Crippen LogP contribution in [0.3, 0.4) is 0 Å². The Bertz CT molecular complexity index is 997. The molecule has 2 bridgehead atoms. The van der Waals surface area contributed by atoms with Crippen LogP contribution < -0.4 is 15.4 Å². The first-order valence-corrected chi connectivity index (χ1v) is 10.5. The molecule has 11 heteroatoms. The van der Waals surface area contributed by atoms with Crippen LogP contribution in [0.15, 0.2) is 18.7 Å². The van der Waals surface area contributed by atoms with E-state index in [0.29, 0.717) is 16.9 Å². The SMILES string of the molecule is CC(F)(F)COc1ncncc1CNc1ncc(C#N)c(NC23CCC(O)(CC2)CC3)n1. The maximum Gasteiger partial charge on any atom is 0.278 e. The standard InChI is InChI=1S/C21H25F2N7O2/c1-19(22,23)12-32-17-15(9-25-13-28-17)11-27-18-26-10-14(8-24)16(29-18)30-20-2-5-21(31,6-3-20)7-4-20/h9-10,13,31H,2-7,11-12H2,1H3,(H2,26,27,29,30). The fourth-order valence-electron chi connectivity index (χ4n) is 4.22. The summed E-state index contributed by atoms with van der Waals surface area (Å²) >= 11 is 0. The maximum atomic E-state index is 13.1. The highest BCUT2D eigenvalue weighted by molar-refractivity contribution is 5.55. The average Bonchev–Trinajstić information content (AvgIpc) is 2.77. The summed E-state index contributed by atoms with van der Waals surface area (Å²) in [7, 11) is 0. The number of nitrogens with zero attached hydrogens (tertiary/aromatic N) is 5. The van der Waals surface area contributed by atoms with Gasteiger partial charge in [-0.25, -0.2) is 23.7 Å². The Morgan fingerprint density at radius 3 is 2.56 bits per heavy atom. The molecule has 3 saturated carbocycles. The van der Waals surface area contributed by atoms with Crippen molar-refractivity contribution < 1.29 is 18.6 Å². The summed E-state index contributed by atoms with van der Waals surface area (Å²) in [6.45, 7) is 0.120. The summed E-state index contributed by atoms with van der Waals surface area (Å²) in [5.41, 5.74) is 0.0470. The minimum atomic E-state index is -2.99. The maximum absolute atomic E-state index is 13.1. The van der Waals surface area contributed by atoms with Crippen molar-refractivity contribution >= 4 is 11.8 Å². The molecule has 3 aliphatic carbocycles. The van der Waals surface area contributed by atoms with Crippen LogP contribution in [0.5, 0.6) is 5.88 Å². The highest BCUT2D eigenvalue weighted by Crippen LogP contribution is 2.48. The topological polar surface area (TPSA) is 129 Å². The smallest absolute Gasteiger partial charge is 0.278 e. The molecule has 0 aromatic carbocycles. The molecule has 0 spiro atoms. The summed E-state index contributed by atoms with van der Waals surface area (Å²) in [4.78, 5) is 16.5. The predicted octanol–water partition coefficient (Wildman–Crippen LogP) is 3.03. The average molecular weight is 445 g/mol. The van der Waals surface area contributed by atoms with Crippen LogP contribution in [-0.2, 0) is 6.54 Å². The van der Waals surface area contributed by atoms with Crippen LogP contribution in [0.25, 0.3) is 0 Å². The quantitative estimate of drug-likeness (QED) is 0.561. The van der Waals surface area contributed by atoms with Gasteiger partial charge < -0.3 is 20.5 Å². The normalized spacial score (nSPS) is 24.6. The number of halogens is 2. The first-order chi connectivity index (χ1) is 15.2. The molecule has 9 nitrogen and oxygen atoms in total. The lowest BCUT2D eigenvalue weighted by Crippen LogP contribution is -2.54. The lowest BCUT2D eigenvalue weighted by atomic mass is 9.63. The fraction of sp³-hybridized carbons (Fsp3) is 0.571. The third-order valence-electron chi connectivity index (χ3n) is 6.15. The van der Waals surface area contributed by atoms with Crippen molar-refractivity contribution in [2.45, 2.75) is 69.1 Å². The predicted molar refractivity (Wildman–Crippen MR) is 111 cm³/mol. The van der Waals surface area contributed by atoms with E-state index in [2.05, 4.69) is 36.6 Å². The van der Waals surface area contributed by atoms with Gasteiger partial charge in [-0.2, -0.15) is 10.2 Å². The van der Waals surface area contributed by atoms with Gasteiger partial charge in [-0.3, -0.25) is 0 Å². The van der Waals surface area contributed by atoms with Gasteiger partial charge in [-0.1, -0.05) is 0 Å². The molecule has 0 atom stereocenters. The van der Waals surface area contributed by atoms with Crippen molar-refractivity contribution in [3.05, 3.63) is 29.8 Å². The van der Waals surface area contributed by atoms with Crippen LogP contribution in [0.1, 0.15) is 56.6 Å².